The van der Waals surface area contributed by atoms with Crippen LogP contribution in [0.2, 0.25) is 0 Å². The zero-order valence-electron chi connectivity index (χ0n) is 9.06. The van der Waals surface area contributed by atoms with Gasteiger partial charge in [-0.15, -0.1) is 0 Å². The minimum Gasteiger partial charge on any atom is -0.313 e. The van der Waals surface area contributed by atoms with E-state index in [0.717, 1.165) is 31.2 Å². The molecule has 0 aromatic carbocycles. The molecular formula is C11H21ClN2. The third kappa shape index (κ3) is 4.45. The van der Waals surface area contributed by atoms with Crippen LogP contribution in [0.4, 0.5) is 0 Å². The standard InChI is InChI=1S/C11H21ClN2/c1-3-5-11-9-14(8-10(2)12)7-4-6-13-11/h11,13H,2-9H2,1H3. The summed E-state index contributed by atoms with van der Waals surface area (Å²) in [5.74, 6) is 0. The molecular weight excluding hydrogens is 196 g/mol. The minimum absolute atomic E-state index is 0.638. The highest BCUT2D eigenvalue weighted by atomic mass is 35.5. The average molecular weight is 217 g/mol. The second kappa shape index (κ2) is 6.44. The predicted octanol–water partition coefficient (Wildman–Crippen LogP) is 2.20. The Morgan fingerprint density at radius 2 is 2.43 bits per heavy atom. The lowest BCUT2D eigenvalue weighted by molar-refractivity contribution is 0.286. The first-order valence-electron chi connectivity index (χ1n) is 5.51. The van der Waals surface area contributed by atoms with Crippen molar-refractivity contribution < 1.29 is 0 Å². The topological polar surface area (TPSA) is 15.3 Å². The third-order valence-corrected chi connectivity index (χ3v) is 2.71. The van der Waals surface area contributed by atoms with Crippen molar-refractivity contribution in [1.82, 2.24) is 10.2 Å². The summed E-state index contributed by atoms with van der Waals surface area (Å²) < 4.78 is 0. The van der Waals surface area contributed by atoms with E-state index in [1.807, 2.05) is 0 Å². The predicted molar refractivity (Wildman–Crippen MR) is 62.7 cm³/mol. The van der Waals surface area contributed by atoms with Crippen molar-refractivity contribution in [3.63, 3.8) is 0 Å². The molecule has 1 aliphatic heterocycles. The number of hydrogen-bond acceptors (Lipinski definition) is 2. The number of hydrogen-bond donors (Lipinski definition) is 1. The van der Waals surface area contributed by atoms with E-state index in [0.29, 0.717) is 6.04 Å². The van der Waals surface area contributed by atoms with Gasteiger partial charge in [0.05, 0.1) is 0 Å². The van der Waals surface area contributed by atoms with Gasteiger partial charge in [-0.25, -0.2) is 0 Å². The van der Waals surface area contributed by atoms with Crippen molar-refractivity contribution in [2.24, 2.45) is 0 Å². The Hall–Kier alpha value is -0.0500. The van der Waals surface area contributed by atoms with Gasteiger partial charge in [0, 0.05) is 24.2 Å². The molecule has 0 radical (unpaired) electrons. The van der Waals surface area contributed by atoms with E-state index in [2.05, 4.69) is 23.7 Å². The summed E-state index contributed by atoms with van der Waals surface area (Å²) in [6.45, 7) is 10.2. The number of halogens is 1. The molecule has 1 atom stereocenters. The molecule has 0 spiro atoms. The van der Waals surface area contributed by atoms with Crippen LogP contribution in [-0.2, 0) is 0 Å². The lowest BCUT2D eigenvalue weighted by Crippen LogP contribution is -2.37. The molecule has 1 N–H and O–H groups in total. The Bertz CT molecular complexity index is 182. The molecule has 1 fully saturated rings. The van der Waals surface area contributed by atoms with Crippen LogP contribution in [0.1, 0.15) is 26.2 Å². The van der Waals surface area contributed by atoms with Crippen LogP contribution >= 0.6 is 11.6 Å². The molecule has 0 bridgehead atoms. The van der Waals surface area contributed by atoms with Gasteiger partial charge < -0.3 is 5.32 Å². The summed E-state index contributed by atoms with van der Waals surface area (Å²) in [4.78, 5) is 2.40. The van der Waals surface area contributed by atoms with Gasteiger partial charge in [0.25, 0.3) is 0 Å². The smallest absolute Gasteiger partial charge is 0.0336 e. The molecule has 1 aliphatic rings. The highest BCUT2D eigenvalue weighted by Crippen LogP contribution is 2.08. The Morgan fingerprint density at radius 1 is 1.64 bits per heavy atom. The zero-order chi connectivity index (χ0) is 10.4. The maximum Gasteiger partial charge on any atom is 0.0336 e. The third-order valence-electron chi connectivity index (χ3n) is 2.60. The molecule has 1 rings (SSSR count). The Morgan fingerprint density at radius 3 is 3.07 bits per heavy atom. The van der Waals surface area contributed by atoms with Crippen LogP contribution < -0.4 is 5.32 Å². The molecule has 1 unspecified atom stereocenters. The van der Waals surface area contributed by atoms with Crippen LogP contribution in [-0.4, -0.2) is 37.1 Å². The van der Waals surface area contributed by atoms with Gasteiger partial charge in [-0.1, -0.05) is 31.5 Å². The molecule has 1 heterocycles. The molecule has 82 valence electrons. The van der Waals surface area contributed by atoms with Crippen LogP contribution in [0.25, 0.3) is 0 Å². The molecule has 1 saturated heterocycles. The minimum atomic E-state index is 0.638. The van der Waals surface area contributed by atoms with E-state index in [9.17, 15) is 0 Å². The molecule has 0 aliphatic carbocycles. The highest BCUT2D eigenvalue weighted by molar-refractivity contribution is 6.29. The fourth-order valence-corrected chi connectivity index (χ4v) is 2.17. The van der Waals surface area contributed by atoms with E-state index < -0.39 is 0 Å². The van der Waals surface area contributed by atoms with Crippen molar-refractivity contribution in [2.75, 3.05) is 26.2 Å². The van der Waals surface area contributed by atoms with Crippen LogP contribution in [0.5, 0.6) is 0 Å². The molecule has 2 nitrogen and oxygen atoms in total. The molecule has 0 saturated carbocycles. The Balaban J connectivity index is 2.38. The monoisotopic (exact) mass is 216 g/mol. The zero-order valence-corrected chi connectivity index (χ0v) is 9.82. The van der Waals surface area contributed by atoms with Crippen LogP contribution in [0.15, 0.2) is 11.6 Å². The van der Waals surface area contributed by atoms with Gasteiger partial charge in [0.15, 0.2) is 0 Å². The Labute approximate surface area is 92.3 Å². The van der Waals surface area contributed by atoms with Crippen molar-refractivity contribution >= 4 is 11.6 Å². The number of nitrogens with zero attached hydrogens (tertiary/aromatic N) is 1. The maximum atomic E-state index is 5.83. The second-order valence-electron chi connectivity index (χ2n) is 4.05. The van der Waals surface area contributed by atoms with Crippen molar-refractivity contribution in [1.29, 1.82) is 0 Å². The summed E-state index contributed by atoms with van der Waals surface area (Å²) in [7, 11) is 0. The van der Waals surface area contributed by atoms with E-state index >= 15 is 0 Å². The van der Waals surface area contributed by atoms with E-state index in [1.54, 1.807) is 0 Å². The van der Waals surface area contributed by atoms with Crippen LogP contribution in [0, 0.1) is 0 Å². The van der Waals surface area contributed by atoms with Crippen molar-refractivity contribution in [3.8, 4) is 0 Å². The SMILES string of the molecule is C=C(Cl)CN1CCCNC(CCC)C1. The summed E-state index contributed by atoms with van der Waals surface area (Å²) in [5, 5.41) is 4.32. The quantitative estimate of drug-likeness (QED) is 0.775. The van der Waals surface area contributed by atoms with E-state index in [4.69, 9.17) is 11.6 Å². The van der Waals surface area contributed by atoms with Gasteiger partial charge in [0.1, 0.15) is 0 Å². The van der Waals surface area contributed by atoms with Gasteiger partial charge >= 0.3 is 0 Å². The summed E-state index contributed by atoms with van der Waals surface area (Å²) in [6.07, 6.45) is 3.71. The summed E-state index contributed by atoms with van der Waals surface area (Å²) in [5.41, 5.74) is 0. The normalized spacial score (nSPS) is 24.6. The van der Waals surface area contributed by atoms with Crippen molar-refractivity contribution in [2.45, 2.75) is 32.2 Å². The molecule has 14 heavy (non-hydrogen) atoms. The van der Waals surface area contributed by atoms with Gasteiger partial charge in [0.2, 0.25) is 0 Å². The first-order chi connectivity index (χ1) is 6.72. The summed E-state index contributed by atoms with van der Waals surface area (Å²) in [6, 6.07) is 0.638. The molecule has 0 aromatic heterocycles. The molecule has 0 amide bonds. The van der Waals surface area contributed by atoms with Crippen LogP contribution in [0.3, 0.4) is 0 Å². The number of nitrogens with one attached hydrogen (secondary N) is 1. The summed E-state index contributed by atoms with van der Waals surface area (Å²) >= 11 is 5.83. The van der Waals surface area contributed by atoms with Gasteiger partial charge in [-0.05, 0) is 25.9 Å². The largest absolute Gasteiger partial charge is 0.313 e. The molecule has 0 aromatic rings. The van der Waals surface area contributed by atoms with E-state index in [1.165, 1.54) is 19.3 Å². The highest BCUT2D eigenvalue weighted by Gasteiger charge is 2.16. The molecule has 3 heteroatoms. The fraction of sp³-hybridized carbons (Fsp3) is 0.818. The lowest BCUT2D eigenvalue weighted by atomic mass is 10.1. The number of rotatable bonds is 4. The average Bonchev–Trinajstić information content (AvgIpc) is 2.30. The lowest BCUT2D eigenvalue weighted by Gasteiger charge is -2.23. The van der Waals surface area contributed by atoms with Gasteiger partial charge in [-0.3, -0.25) is 4.90 Å². The second-order valence-corrected chi connectivity index (χ2v) is 4.58. The fourth-order valence-electron chi connectivity index (χ4n) is 2.00. The van der Waals surface area contributed by atoms with E-state index in [-0.39, 0.29) is 0 Å². The van der Waals surface area contributed by atoms with Gasteiger partial charge in [-0.2, -0.15) is 0 Å². The first-order valence-corrected chi connectivity index (χ1v) is 5.89. The Kier molecular flexibility index (Phi) is 5.53. The maximum absolute atomic E-state index is 5.83. The first kappa shape index (κ1) is 12.0. The van der Waals surface area contributed by atoms with Crippen molar-refractivity contribution in [3.05, 3.63) is 11.6 Å².